The van der Waals surface area contributed by atoms with E-state index >= 15 is 0 Å². The van der Waals surface area contributed by atoms with Gasteiger partial charge >= 0.3 is 0 Å². The minimum absolute atomic E-state index is 0.0861. The van der Waals surface area contributed by atoms with Crippen LogP contribution < -0.4 is 0 Å². The molecule has 0 radical (unpaired) electrons. The highest BCUT2D eigenvalue weighted by atomic mass is 79.9. The van der Waals surface area contributed by atoms with Crippen LogP contribution in [0.15, 0.2) is 12.1 Å². The number of hydrogen-bond acceptors (Lipinski definition) is 1. The van der Waals surface area contributed by atoms with Crippen LogP contribution in [0.2, 0.25) is 10.0 Å². The fraction of sp³-hybridized carbons (Fsp3) is 0.222. The number of carbonyl (C=O) groups excluding carboxylic acids is 1. The lowest BCUT2D eigenvalue weighted by Crippen LogP contribution is -2.16. The van der Waals surface area contributed by atoms with Gasteiger partial charge in [-0.3, -0.25) is 4.79 Å². The van der Waals surface area contributed by atoms with Crippen molar-refractivity contribution in [2.24, 2.45) is 0 Å². The Bertz CT molecular complexity index is 398. The standard InChI is InChI=1S/C9H5Br2Cl2FO/c10-3-6(11)9(15)5-1-4(12)2-7(14)8(5)13/h1-2,6H,3H2. The molecule has 0 aromatic heterocycles. The number of rotatable bonds is 3. The predicted molar refractivity (Wildman–Crippen MR) is 67.3 cm³/mol. The quantitative estimate of drug-likeness (QED) is 0.431. The lowest BCUT2D eigenvalue weighted by Gasteiger charge is -2.08. The Morgan fingerprint density at radius 3 is 2.60 bits per heavy atom. The molecule has 1 aromatic carbocycles. The van der Waals surface area contributed by atoms with Crippen molar-refractivity contribution >= 4 is 60.8 Å². The SMILES string of the molecule is O=C(c1cc(Cl)cc(F)c1Cl)C(Br)CBr. The topological polar surface area (TPSA) is 17.1 Å². The van der Waals surface area contributed by atoms with E-state index in [1.165, 1.54) is 6.07 Å². The van der Waals surface area contributed by atoms with E-state index in [4.69, 9.17) is 23.2 Å². The van der Waals surface area contributed by atoms with Crippen molar-refractivity contribution in [3.63, 3.8) is 0 Å². The van der Waals surface area contributed by atoms with Crippen LogP contribution in [-0.2, 0) is 0 Å². The van der Waals surface area contributed by atoms with Gasteiger partial charge in [0.15, 0.2) is 5.78 Å². The van der Waals surface area contributed by atoms with Crippen LogP contribution in [0.5, 0.6) is 0 Å². The number of hydrogen-bond donors (Lipinski definition) is 0. The molecule has 0 spiro atoms. The van der Waals surface area contributed by atoms with Crippen molar-refractivity contribution in [3.8, 4) is 0 Å². The first-order chi connectivity index (χ1) is 6.97. The van der Waals surface area contributed by atoms with Gasteiger partial charge in [-0.1, -0.05) is 55.1 Å². The molecule has 1 nitrogen and oxygen atoms in total. The molecular weight excluding hydrogens is 374 g/mol. The maximum atomic E-state index is 13.2. The monoisotopic (exact) mass is 376 g/mol. The van der Waals surface area contributed by atoms with Crippen LogP contribution >= 0.6 is 55.1 Å². The summed E-state index contributed by atoms with van der Waals surface area (Å²) >= 11 is 17.6. The van der Waals surface area contributed by atoms with Gasteiger partial charge in [-0.15, -0.1) is 0 Å². The highest BCUT2D eigenvalue weighted by Crippen LogP contribution is 2.27. The average molecular weight is 379 g/mol. The predicted octanol–water partition coefficient (Wildman–Crippen LogP) is 4.47. The summed E-state index contributed by atoms with van der Waals surface area (Å²) in [6, 6.07) is 2.42. The fourth-order valence-corrected chi connectivity index (χ4v) is 1.92. The van der Waals surface area contributed by atoms with Gasteiger partial charge in [-0.25, -0.2) is 4.39 Å². The average Bonchev–Trinajstić information content (AvgIpc) is 2.21. The molecule has 0 saturated carbocycles. The molecule has 0 aliphatic heterocycles. The zero-order valence-electron chi connectivity index (χ0n) is 7.24. The van der Waals surface area contributed by atoms with E-state index in [2.05, 4.69) is 31.9 Å². The van der Waals surface area contributed by atoms with Gasteiger partial charge in [0.1, 0.15) is 5.82 Å². The van der Waals surface area contributed by atoms with Crippen molar-refractivity contribution in [2.45, 2.75) is 4.83 Å². The highest BCUT2D eigenvalue weighted by Gasteiger charge is 2.21. The molecular formula is C9H5Br2Cl2FO. The molecule has 0 heterocycles. The molecule has 82 valence electrons. The van der Waals surface area contributed by atoms with E-state index in [0.717, 1.165) is 6.07 Å². The van der Waals surface area contributed by atoms with Crippen molar-refractivity contribution in [2.75, 3.05) is 5.33 Å². The summed E-state index contributed by atoms with van der Waals surface area (Å²) in [6.45, 7) is 0. The van der Waals surface area contributed by atoms with Crippen molar-refractivity contribution in [1.82, 2.24) is 0 Å². The molecule has 1 rings (SSSR count). The van der Waals surface area contributed by atoms with Gasteiger partial charge in [0, 0.05) is 15.9 Å². The third kappa shape index (κ3) is 3.16. The third-order valence-electron chi connectivity index (χ3n) is 1.68. The van der Waals surface area contributed by atoms with Gasteiger partial charge in [-0.2, -0.15) is 0 Å². The summed E-state index contributed by atoms with van der Waals surface area (Å²) in [5, 5.41) is 0.361. The smallest absolute Gasteiger partial charge is 0.178 e. The van der Waals surface area contributed by atoms with Gasteiger partial charge in [0.2, 0.25) is 0 Å². The maximum absolute atomic E-state index is 13.2. The summed E-state index contributed by atoms with van der Waals surface area (Å²) < 4.78 is 13.2. The van der Waals surface area contributed by atoms with Crippen LogP contribution in [0.3, 0.4) is 0 Å². The molecule has 0 amide bonds. The van der Waals surface area contributed by atoms with Gasteiger partial charge in [0.25, 0.3) is 0 Å². The second-order valence-electron chi connectivity index (χ2n) is 2.74. The summed E-state index contributed by atoms with van der Waals surface area (Å²) in [4.78, 5) is 11.3. The maximum Gasteiger partial charge on any atom is 0.178 e. The minimum atomic E-state index is -0.693. The van der Waals surface area contributed by atoms with Crippen LogP contribution in [0.1, 0.15) is 10.4 Å². The van der Waals surface area contributed by atoms with Gasteiger partial charge < -0.3 is 0 Å². The normalized spacial score (nSPS) is 12.6. The molecule has 1 atom stereocenters. The van der Waals surface area contributed by atoms with E-state index in [9.17, 15) is 9.18 Å². The zero-order valence-corrected chi connectivity index (χ0v) is 11.9. The number of ketones is 1. The van der Waals surface area contributed by atoms with Gasteiger partial charge in [-0.05, 0) is 12.1 Å². The number of benzene rings is 1. The van der Waals surface area contributed by atoms with E-state index in [0.29, 0.717) is 5.33 Å². The van der Waals surface area contributed by atoms with Crippen molar-refractivity contribution < 1.29 is 9.18 Å². The van der Waals surface area contributed by atoms with E-state index in [1.807, 2.05) is 0 Å². The molecule has 0 saturated heterocycles. The summed E-state index contributed by atoms with van der Waals surface area (Å²) in [6.07, 6.45) is 0. The second kappa shape index (κ2) is 5.62. The first-order valence-electron chi connectivity index (χ1n) is 3.86. The Balaban J connectivity index is 3.19. The molecule has 1 aromatic rings. The minimum Gasteiger partial charge on any atom is -0.293 e. The van der Waals surface area contributed by atoms with Crippen LogP contribution in [0.25, 0.3) is 0 Å². The Kier molecular flexibility index (Phi) is 5.03. The third-order valence-corrected chi connectivity index (χ3v) is 4.54. The van der Waals surface area contributed by atoms with E-state index in [-0.39, 0.29) is 21.4 Å². The molecule has 0 aliphatic carbocycles. The summed E-state index contributed by atoms with van der Waals surface area (Å²) in [7, 11) is 0. The fourth-order valence-electron chi connectivity index (χ4n) is 0.974. The Morgan fingerprint density at radius 1 is 1.47 bits per heavy atom. The number of alkyl halides is 2. The molecule has 15 heavy (non-hydrogen) atoms. The Hall–Kier alpha value is 0.360. The zero-order chi connectivity index (χ0) is 11.6. The molecule has 0 N–H and O–H groups in total. The van der Waals surface area contributed by atoms with Crippen molar-refractivity contribution in [1.29, 1.82) is 0 Å². The lowest BCUT2D eigenvalue weighted by atomic mass is 10.1. The summed E-state index contributed by atoms with van der Waals surface area (Å²) in [5.74, 6) is -1.000. The lowest BCUT2D eigenvalue weighted by molar-refractivity contribution is 0.0997. The second-order valence-corrected chi connectivity index (χ2v) is 5.30. The number of halogens is 5. The van der Waals surface area contributed by atoms with E-state index in [1.54, 1.807) is 0 Å². The van der Waals surface area contributed by atoms with E-state index < -0.39 is 10.6 Å². The number of carbonyl (C=O) groups is 1. The largest absolute Gasteiger partial charge is 0.293 e. The first-order valence-corrected chi connectivity index (χ1v) is 6.65. The number of Topliss-reactive ketones (excluding diaryl/α,β-unsaturated/α-hetero) is 1. The van der Waals surface area contributed by atoms with Crippen LogP contribution in [0, 0.1) is 5.82 Å². The highest BCUT2D eigenvalue weighted by molar-refractivity contribution is 9.12. The molecule has 0 fully saturated rings. The van der Waals surface area contributed by atoms with Crippen molar-refractivity contribution in [3.05, 3.63) is 33.6 Å². The summed E-state index contributed by atoms with van der Waals surface area (Å²) in [5.41, 5.74) is 0.0861. The molecule has 0 aliphatic rings. The van der Waals surface area contributed by atoms with Crippen LogP contribution in [0.4, 0.5) is 4.39 Å². The molecule has 1 unspecified atom stereocenters. The first kappa shape index (κ1) is 13.4. The van der Waals surface area contributed by atoms with Gasteiger partial charge in [0.05, 0.1) is 9.85 Å². The Labute approximate surface area is 113 Å². The van der Waals surface area contributed by atoms with Crippen LogP contribution in [-0.4, -0.2) is 15.9 Å². The molecule has 0 bridgehead atoms. The molecule has 6 heteroatoms. The Morgan fingerprint density at radius 2 is 2.07 bits per heavy atom.